The Morgan fingerprint density at radius 1 is 1.12 bits per heavy atom. The van der Waals surface area contributed by atoms with Crippen LogP contribution in [0.5, 0.6) is 5.75 Å². The molecule has 0 atom stereocenters. The van der Waals surface area contributed by atoms with E-state index >= 15 is 0 Å². The first-order valence-electron chi connectivity index (χ1n) is 8.38. The minimum Gasteiger partial charge on any atom is -0.450 e. The number of ether oxygens (including phenoxy) is 2. The number of nitrogens with zero attached hydrogens (tertiary/aromatic N) is 1. The van der Waals surface area contributed by atoms with E-state index in [1.807, 2.05) is 6.92 Å². The molecule has 0 aliphatic heterocycles. The van der Waals surface area contributed by atoms with Gasteiger partial charge in [0, 0.05) is 25.1 Å². The van der Waals surface area contributed by atoms with Gasteiger partial charge in [-0.3, -0.25) is 14.9 Å². The van der Waals surface area contributed by atoms with Gasteiger partial charge in [-0.15, -0.1) is 0 Å². The van der Waals surface area contributed by atoms with E-state index in [1.165, 1.54) is 24.3 Å². The van der Waals surface area contributed by atoms with E-state index in [-0.39, 0.29) is 23.8 Å². The van der Waals surface area contributed by atoms with Gasteiger partial charge in [0.1, 0.15) is 5.75 Å². The highest BCUT2D eigenvalue weighted by Crippen LogP contribution is 2.18. The topological polar surface area (TPSA) is 108 Å². The fraction of sp³-hybridized carbons (Fsp3) is 0.529. The number of unbranched alkanes of at least 4 members (excludes halogenated alkanes) is 3. The molecule has 25 heavy (non-hydrogen) atoms. The van der Waals surface area contributed by atoms with Gasteiger partial charge in [-0.05, 0) is 31.4 Å². The highest BCUT2D eigenvalue weighted by molar-refractivity contribution is 5.72. The summed E-state index contributed by atoms with van der Waals surface area (Å²) in [5, 5.41) is 13.2. The number of benzene rings is 1. The Hall–Kier alpha value is -2.64. The quantitative estimate of drug-likeness (QED) is 0.214. The molecule has 0 fully saturated rings. The van der Waals surface area contributed by atoms with Crippen molar-refractivity contribution in [1.82, 2.24) is 5.32 Å². The second-order valence-electron chi connectivity index (χ2n) is 5.45. The molecule has 8 nitrogen and oxygen atoms in total. The number of hydrogen-bond acceptors (Lipinski definition) is 6. The molecule has 0 aliphatic carbocycles. The lowest BCUT2D eigenvalue weighted by Gasteiger charge is -2.06. The first-order valence-corrected chi connectivity index (χ1v) is 8.38. The van der Waals surface area contributed by atoms with Gasteiger partial charge in [0.15, 0.2) is 0 Å². The molecule has 138 valence electrons. The van der Waals surface area contributed by atoms with E-state index in [0.29, 0.717) is 19.6 Å². The SMILES string of the molecule is CCCCOC(=O)NCCCCCC(=O)Oc1ccc([N+](=O)[O-])cc1. The number of non-ortho nitro benzene ring substituents is 1. The third kappa shape index (κ3) is 9.29. The van der Waals surface area contributed by atoms with E-state index in [0.717, 1.165) is 25.7 Å². The van der Waals surface area contributed by atoms with E-state index in [2.05, 4.69) is 5.32 Å². The van der Waals surface area contributed by atoms with Gasteiger partial charge < -0.3 is 14.8 Å². The van der Waals surface area contributed by atoms with E-state index < -0.39 is 11.0 Å². The lowest BCUT2D eigenvalue weighted by molar-refractivity contribution is -0.384. The number of alkyl carbamates (subject to hydrolysis) is 1. The van der Waals surface area contributed by atoms with E-state index in [4.69, 9.17) is 9.47 Å². The molecule has 0 bridgehead atoms. The Balaban J connectivity index is 2.08. The van der Waals surface area contributed by atoms with Crippen LogP contribution in [0.15, 0.2) is 24.3 Å². The lowest BCUT2D eigenvalue weighted by atomic mass is 10.2. The Kier molecular flexibility index (Phi) is 9.65. The summed E-state index contributed by atoms with van der Waals surface area (Å²) in [4.78, 5) is 33.0. The highest BCUT2D eigenvalue weighted by atomic mass is 16.6. The number of amides is 1. The fourth-order valence-electron chi connectivity index (χ4n) is 1.94. The van der Waals surface area contributed by atoms with Crippen LogP contribution in [0, 0.1) is 10.1 Å². The van der Waals surface area contributed by atoms with Crippen molar-refractivity contribution >= 4 is 17.7 Å². The smallest absolute Gasteiger partial charge is 0.407 e. The predicted octanol–water partition coefficient (Wildman–Crippen LogP) is 3.59. The summed E-state index contributed by atoms with van der Waals surface area (Å²) in [6.07, 6.45) is 3.81. The van der Waals surface area contributed by atoms with Crippen LogP contribution in [0.25, 0.3) is 0 Å². The molecule has 0 aromatic heterocycles. The standard InChI is InChI=1S/C17H24N2O6/c1-2-3-13-24-17(21)18-12-6-4-5-7-16(20)25-15-10-8-14(9-11-15)19(22)23/h8-11H,2-7,12-13H2,1H3,(H,18,21). The van der Waals surface area contributed by atoms with Crippen molar-refractivity contribution in [2.45, 2.75) is 45.4 Å². The first-order chi connectivity index (χ1) is 12.0. The third-order valence-electron chi connectivity index (χ3n) is 3.34. The highest BCUT2D eigenvalue weighted by Gasteiger charge is 2.08. The van der Waals surface area contributed by atoms with Crippen molar-refractivity contribution in [2.24, 2.45) is 0 Å². The first kappa shape index (κ1) is 20.4. The van der Waals surface area contributed by atoms with Crippen LogP contribution < -0.4 is 10.1 Å². The lowest BCUT2D eigenvalue weighted by Crippen LogP contribution is -2.25. The average molecular weight is 352 g/mol. The molecule has 1 aromatic rings. The zero-order valence-corrected chi connectivity index (χ0v) is 14.4. The number of rotatable bonds is 11. The van der Waals surface area contributed by atoms with Gasteiger partial charge >= 0.3 is 12.1 Å². The largest absolute Gasteiger partial charge is 0.450 e. The van der Waals surface area contributed by atoms with Gasteiger partial charge in [-0.25, -0.2) is 4.79 Å². The second-order valence-corrected chi connectivity index (χ2v) is 5.45. The summed E-state index contributed by atoms with van der Waals surface area (Å²) in [6.45, 7) is 2.95. The summed E-state index contributed by atoms with van der Waals surface area (Å²) >= 11 is 0. The van der Waals surface area contributed by atoms with Crippen LogP contribution in [0.4, 0.5) is 10.5 Å². The Morgan fingerprint density at radius 2 is 1.84 bits per heavy atom. The Bertz CT molecular complexity index is 559. The summed E-state index contributed by atoms with van der Waals surface area (Å²) in [7, 11) is 0. The van der Waals surface area contributed by atoms with Crippen LogP contribution in [0.2, 0.25) is 0 Å². The summed E-state index contributed by atoms with van der Waals surface area (Å²) in [6, 6.07) is 5.36. The summed E-state index contributed by atoms with van der Waals surface area (Å²) < 4.78 is 10.0. The zero-order valence-electron chi connectivity index (χ0n) is 14.4. The third-order valence-corrected chi connectivity index (χ3v) is 3.34. The van der Waals surface area contributed by atoms with Crippen LogP contribution in [0.3, 0.4) is 0 Å². The van der Waals surface area contributed by atoms with Crippen molar-refractivity contribution in [3.63, 3.8) is 0 Å². The molecular weight excluding hydrogens is 328 g/mol. The molecule has 0 aliphatic rings. The molecule has 0 heterocycles. The van der Waals surface area contributed by atoms with Crippen molar-refractivity contribution in [2.75, 3.05) is 13.2 Å². The molecular formula is C17H24N2O6. The molecule has 1 N–H and O–H groups in total. The van der Waals surface area contributed by atoms with Gasteiger partial charge in [-0.1, -0.05) is 19.8 Å². The van der Waals surface area contributed by atoms with Crippen molar-refractivity contribution in [3.8, 4) is 5.75 Å². The monoisotopic (exact) mass is 352 g/mol. The zero-order chi connectivity index (χ0) is 18.5. The molecule has 1 aromatic carbocycles. The van der Waals surface area contributed by atoms with E-state index in [9.17, 15) is 19.7 Å². The normalized spacial score (nSPS) is 10.1. The maximum absolute atomic E-state index is 11.7. The van der Waals surface area contributed by atoms with Crippen molar-refractivity contribution in [3.05, 3.63) is 34.4 Å². The number of carbonyl (C=O) groups excluding carboxylic acids is 2. The van der Waals surface area contributed by atoms with Crippen LogP contribution in [0.1, 0.15) is 45.4 Å². The van der Waals surface area contributed by atoms with Crippen LogP contribution in [-0.2, 0) is 9.53 Å². The van der Waals surface area contributed by atoms with E-state index in [1.54, 1.807) is 0 Å². The molecule has 1 rings (SSSR count). The van der Waals surface area contributed by atoms with Crippen molar-refractivity contribution in [1.29, 1.82) is 0 Å². The average Bonchev–Trinajstić information content (AvgIpc) is 2.58. The molecule has 8 heteroatoms. The number of nitrogens with one attached hydrogen (secondary N) is 1. The second kappa shape index (κ2) is 11.8. The minimum absolute atomic E-state index is 0.0551. The Morgan fingerprint density at radius 3 is 2.48 bits per heavy atom. The summed E-state index contributed by atoms with van der Waals surface area (Å²) in [5.74, 6) is -0.104. The number of carbonyl (C=O) groups is 2. The van der Waals surface area contributed by atoms with Gasteiger partial charge in [0.25, 0.3) is 5.69 Å². The molecule has 0 spiro atoms. The number of nitro benzene ring substituents is 1. The number of esters is 1. The maximum atomic E-state index is 11.7. The Labute approximate surface area is 146 Å². The molecule has 0 unspecified atom stereocenters. The molecule has 0 radical (unpaired) electrons. The molecule has 1 amide bonds. The van der Waals surface area contributed by atoms with Gasteiger partial charge in [0.2, 0.25) is 0 Å². The van der Waals surface area contributed by atoms with Crippen LogP contribution >= 0.6 is 0 Å². The summed E-state index contributed by atoms with van der Waals surface area (Å²) in [5.41, 5.74) is -0.0551. The number of nitro groups is 1. The fourth-order valence-corrected chi connectivity index (χ4v) is 1.94. The molecule has 0 saturated heterocycles. The predicted molar refractivity (Wildman–Crippen MR) is 91.5 cm³/mol. The number of hydrogen-bond donors (Lipinski definition) is 1. The maximum Gasteiger partial charge on any atom is 0.407 e. The van der Waals surface area contributed by atoms with Gasteiger partial charge in [0.05, 0.1) is 11.5 Å². The minimum atomic E-state index is -0.515. The van der Waals surface area contributed by atoms with Gasteiger partial charge in [-0.2, -0.15) is 0 Å². The van der Waals surface area contributed by atoms with Crippen molar-refractivity contribution < 1.29 is 24.0 Å². The molecule has 0 saturated carbocycles. The van der Waals surface area contributed by atoms with Crippen LogP contribution in [-0.4, -0.2) is 30.1 Å².